The Hall–Kier alpha value is -3.98. The highest BCUT2D eigenvalue weighted by atomic mass is 16.5. The summed E-state index contributed by atoms with van der Waals surface area (Å²) in [4.78, 5) is 29.0. The van der Waals surface area contributed by atoms with E-state index in [0.29, 0.717) is 35.8 Å². The first-order valence-corrected chi connectivity index (χ1v) is 11.5. The number of nitrogens with one attached hydrogen (secondary N) is 2. The van der Waals surface area contributed by atoms with Gasteiger partial charge in [-0.25, -0.2) is 9.97 Å². The number of carbonyl (C=O) groups excluding carboxylic acids is 1. The van der Waals surface area contributed by atoms with Gasteiger partial charge in [0.25, 0.3) is 5.91 Å². The summed E-state index contributed by atoms with van der Waals surface area (Å²) >= 11 is 0. The van der Waals surface area contributed by atoms with Crippen LogP contribution in [0.4, 0.5) is 17.2 Å². The fourth-order valence-electron chi connectivity index (χ4n) is 5.42. The van der Waals surface area contributed by atoms with E-state index in [0.717, 1.165) is 53.1 Å². The lowest BCUT2D eigenvalue weighted by Gasteiger charge is -2.28. The predicted octanol–water partition coefficient (Wildman–Crippen LogP) is 2.99. The van der Waals surface area contributed by atoms with Gasteiger partial charge in [-0.3, -0.25) is 9.78 Å². The minimum atomic E-state index is -0.107. The molecular weight excluding hydrogens is 430 g/mol. The highest BCUT2D eigenvalue weighted by molar-refractivity contribution is 6.06. The zero-order valence-corrected chi connectivity index (χ0v) is 18.7. The van der Waals surface area contributed by atoms with E-state index in [1.54, 1.807) is 12.4 Å². The molecule has 4 aromatic heterocycles. The van der Waals surface area contributed by atoms with Crippen LogP contribution in [-0.4, -0.2) is 50.7 Å². The molecule has 0 spiro atoms. The van der Waals surface area contributed by atoms with Crippen molar-refractivity contribution in [3.05, 3.63) is 60.2 Å². The first-order chi connectivity index (χ1) is 16.7. The highest BCUT2D eigenvalue weighted by Crippen LogP contribution is 2.36. The van der Waals surface area contributed by atoms with Crippen LogP contribution < -0.4 is 15.5 Å². The molecule has 2 atom stereocenters. The molecule has 7 heterocycles. The van der Waals surface area contributed by atoms with E-state index in [1.807, 2.05) is 42.2 Å². The number of pyridine rings is 3. The number of rotatable bonds is 4. The minimum absolute atomic E-state index is 0.107. The summed E-state index contributed by atoms with van der Waals surface area (Å²) in [6, 6.07) is 8.45. The molecule has 3 aliphatic rings. The maximum absolute atomic E-state index is 12.8. The molecule has 2 bridgehead atoms. The fraction of sp³-hybridized carbons (Fsp3) is 0.280. The Morgan fingerprint density at radius 1 is 1.15 bits per heavy atom. The predicted molar refractivity (Wildman–Crippen MR) is 128 cm³/mol. The molecule has 0 saturated carbocycles. The van der Waals surface area contributed by atoms with E-state index >= 15 is 0 Å². The second-order valence-electron chi connectivity index (χ2n) is 9.10. The third-order valence-electron chi connectivity index (χ3n) is 7.10. The van der Waals surface area contributed by atoms with Gasteiger partial charge in [-0.05, 0) is 30.7 Å². The quantitative estimate of drug-likeness (QED) is 0.490. The summed E-state index contributed by atoms with van der Waals surface area (Å²) in [5.74, 6) is 0.569. The molecule has 2 N–H and O–H groups in total. The topological polar surface area (TPSA) is 97.2 Å². The van der Waals surface area contributed by atoms with E-state index < -0.39 is 0 Å². The van der Waals surface area contributed by atoms with Gasteiger partial charge < -0.3 is 24.8 Å². The van der Waals surface area contributed by atoms with Crippen molar-refractivity contribution in [2.45, 2.75) is 25.1 Å². The molecule has 1 unspecified atom stereocenters. The molecule has 0 aromatic carbocycles. The lowest BCUT2D eigenvalue weighted by molar-refractivity contribution is 0.0966. The highest BCUT2D eigenvalue weighted by Gasteiger charge is 2.39. The number of hydrogen-bond acceptors (Lipinski definition) is 7. The van der Waals surface area contributed by atoms with Gasteiger partial charge in [-0.1, -0.05) is 0 Å². The number of carbonyl (C=O) groups is 1. The van der Waals surface area contributed by atoms with Crippen molar-refractivity contribution in [3.8, 4) is 11.3 Å². The normalized spacial score (nSPS) is 20.7. The van der Waals surface area contributed by atoms with Crippen LogP contribution in [0.5, 0.6) is 0 Å². The largest absolute Gasteiger partial charge is 0.374 e. The number of amides is 1. The van der Waals surface area contributed by atoms with Crippen molar-refractivity contribution >= 4 is 34.1 Å². The third kappa shape index (κ3) is 2.90. The van der Waals surface area contributed by atoms with Gasteiger partial charge in [0.1, 0.15) is 11.5 Å². The molecule has 3 aliphatic heterocycles. The second kappa shape index (κ2) is 7.26. The van der Waals surface area contributed by atoms with E-state index in [4.69, 9.17) is 9.72 Å². The molecule has 4 aromatic rings. The average Bonchev–Trinajstić information content (AvgIpc) is 3.65. The summed E-state index contributed by atoms with van der Waals surface area (Å²) in [6.07, 6.45) is 8.80. The fourth-order valence-corrected chi connectivity index (χ4v) is 5.42. The van der Waals surface area contributed by atoms with Gasteiger partial charge in [-0.15, -0.1) is 0 Å². The maximum Gasteiger partial charge on any atom is 0.254 e. The zero-order chi connectivity index (χ0) is 22.8. The Labute approximate surface area is 195 Å². The van der Waals surface area contributed by atoms with Crippen molar-refractivity contribution < 1.29 is 9.53 Å². The lowest BCUT2D eigenvalue weighted by atomic mass is 10.0. The van der Waals surface area contributed by atoms with Crippen LogP contribution in [0.2, 0.25) is 0 Å². The number of ether oxygens (including phenoxy) is 1. The van der Waals surface area contributed by atoms with Gasteiger partial charge in [0.05, 0.1) is 53.8 Å². The summed E-state index contributed by atoms with van der Waals surface area (Å²) in [6.45, 7) is 2.15. The Balaban J connectivity index is 1.22. The first kappa shape index (κ1) is 19.5. The van der Waals surface area contributed by atoms with Crippen molar-refractivity contribution in [2.24, 2.45) is 7.05 Å². The number of morpholine rings is 1. The Bertz CT molecular complexity index is 1450. The number of aromatic nitrogens is 4. The van der Waals surface area contributed by atoms with Gasteiger partial charge in [0.2, 0.25) is 0 Å². The molecule has 34 heavy (non-hydrogen) atoms. The van der Waals surface area contributed by atoms with Crippen molar-refractivity contribution in [1.29, 1.82) is 0 Å². The molecule has 2 saturated heterocycles. The van der Waals surface area contributed by atoms with Gasteiger partial charge in [0, 0.05) is 49.0 Å². The van der Waals surface area contributed by atoms with Crippen LogP contribution in [0.15, 0.2) is 49.1 Å². The monoisotopic (exact) mass is 453 g/mol. The maximum atomic E-state index is 12.8. The molecular formula is C25H23N7O2. The average molecular weight is 454 g/mol. The van der Waals surface area contributed by atoms with Crippen molar-refractivity contribution in [3.63, 3.8) is 0 Å². The van der Waals surface area contributed by atoms with E-state index in [9.17, 15) is 4.79 Å². The molecule has 2 fully saturated rings. The van der Waals surface area contributed by atoms with E-state index in [-0.39, 0.29) is 5.91 Å². The van der Waals surface area contributed by atoms with Crippen LogP contribution in [0.1, 0.15) is 22.3 Å². The Kier molecular flexibility index (Phi) is 4.16. The van der Waals surface area contributed by atoms with Gasteiger partial charge >= 0.3 is 0 Å². The minimum Gasteiger partial charge on any atom is -0.374 e. The molecule has 7 rings (SSSR count). The van der Waals surface area contributed by atoms with E-state index in [2.05, 4.69) is 31.6 Å². The lowest BCUT2D eigenvalue weighted by Crippen LogP contribution is -2.36. The number of anilines is 3. The van der Waals surface area contributed by atoms with Crippen molar-refractivity contribution in [1.82, 2.24) is 24.8 Å². The van der Waals surface area contributed by atoms with E-state index in [1.165, 1.54) is 0 Å². The first-order valence-electron chi connectivity index (χ1n) is 11.5. The van der Waals surface area contributed by atoms with Crippen LogP contribution in [0.3, 0.4) is 0 Å². The molecule has 9 heteroatoms. The molecule has 0 radical (unpaired) electrons. The SMILES string of the molecule is Cn1ccc2c(-c3ncc(Nc4ccc(N5CC6C[C@H]5CO6)cn4)c4c3CNC4=O)ccnc21. The summed E-state index contributed by atoms with van der Waals surface area (Å²) in [5, 5.41) is 7.28. The molecule has 1 amide bonds. The number of fused-ring (bicyclic) bond motifs is 4. The van der Waals surface area contributed by atoms with Gasteiger partial charge in [0.15, 0.2) is 0 Å². The summed E-state index contributed by atoms with van der Waals surface area (Å²) in [7, 11) is 1.97. The van der Waals surface area contributed by atoms with Crippen LogP contribution >= 0.6 is 0 Å². The molecule has 0 aliphatic carbocycles. The number of aryl methyl sites for hydroxylation is 1. The van der Waals surface area contributed by atoms with Gasteiger partial charge in [-0.2, -0.15) is 0 Å². The second-order valence-corrected chi connectivity index (χ2v) is 9.10. The van der Waals surface area contributed by atoms with Crippen molar-refractivity contribution in [2.75, 3.05) is 23.4 Å². The zero-order valence-electron chi connectivity index (χ0n) is 18.7. The summed E-state index contributed by atoms with van der Waals surface area (Å²) < 4.78 is 7.68. The van der Waals surface area contributed by atoms with Crippen LogP contribution in [0.25, 0.3) is 22.3 Å². The summed E-state index contributed by atoms with van der Waals surface area (Å²) in [5.41, 5.74) is 5.91. The standard InChI is InChI=1S/C25H23N7O2/c1-31-7-5-18-17(4-6-26-24(18)31)23-19-10-29-25(33)22(19)20(11-28-23)30-21-3-2-14(9-27-21)32-12-16-8-15(32)13-34-16/h2-7,9,11,15-16H,8,10,12-13H2,1H3,(H,27,30)(H,29,33)/t15-,16?/m0/s1. The van der Waals surface area contributed by atoms with Crippen LogP contribution in [0, 0.1) is 0 Å². The Morgan fingerprint density at radius 2 is 2.09 bits per heavy atom. The smallest absolute Gasteiger partial charge is 0.254 e. The number of hydrogen-bond donors (Lipinski definition) is 2. The molecule has 9 nitrogen and oxygen atoms in total. The Morgan fingerprint density at radius 3 is 2.88 bits per heavy atom. The number of nitrogens with zero attached hydrogens (tertiary/aromatic N) is 5. The molecule has 170 valence electrons. The third-order valence-corrected chi connectivity index (χ3v) is 7.10. The van der Waals surface area contributed by atoms with Crippen LogP contribution in [-0.2, 0) is 18.3 Å².